The molecular weight excluding hydrogens is 187 g/mol. The minimum Gasteiger partial charge on any atom is -0.475 e. The van der Waals surface area contributed by atoms with E-state index >= 15 is 0 Å². The van der Waals surface area contributed by atoms with Gasteiger partial charge in [0, 0.05) is 0 Å². The number of carboxylic acids is 1. The molecule has 1 N–H and O–H groups in total. The monoisotopic (exact) mass is 192 g/mol. The molecule has 0 atom stereocenters. The highest BCUT2D eigenvalue weighted by Gasteiger charge is 2.11. The molecule has 0 fully saturated rings. The van der Waals surface area contributed by atoms with Crippen molar-refractivity contribution in [2.24, 2.45) is 0 Å². The molecular formula is C9H5FN2O2. The molecule has 0 saturated heterocycles. The van der Waals surface area contributed by atoms with Crippen LogP contribution in [0.4, 0.5) is 4.39 Å². The first kappa shape index (κ1) is 8.55. The van der Waals surface area contributed by atoms with E-state index in [-0.39, 0.29) is 10.9 Å². The average molecular weight is 192 g/mol. The Morgan fingerprint density at radius 1 is 1.29 bits per heavy atom. The van der Waals surface area contributed by atoms with Gasteiger partial charge in [-0.05, 0) is 12.1 Å². The highest BCUT2D eigenvalue weighted by Crippen LogP contribution is 2.13. The molecule has 1 heterocycles. The molecule has 0 unspecified atom stereocenters. The topological polar surface area (TPSA) is 63.1 Å². The van der Waals surface area contributed by atoms with Gasteiger partial charge in [-0.3, -0.25) is 0 Å². The summed E-state index contributed by atoms with van der Waals surface area (Å²) in [6.07, 6.45) is 0. The van der Waals surface area contributed by atoms with E-state index in [1.54, 1.807) is 12.1 Å². The third-order valence-corrected chi connectivity index (χ3v) is 1.75. The Labute approximate surface area is 78.0 Å². The lowest BCUT2D eigenvalue weighted by molar-refractivity contribution is 0.0682. The Balaban J connectivity index is 2.78. The molecule has 0 aliphatic carbocycles. The van der Waals surface area contributed by atoms with E-state index in [0.717, 1.165) is 0 Å². The molecule has 2 rings (SSSR count). The van der Waals surface area contributed by atoms with Crippen LogP contribution in [0.2, 0.25) is 0 Å². The summed E-state index contributed by atoms with van der Waals surface area (Å²) in [6.45, 7) is 0. The highest BCUT2D eigenvalue weighted by atomic mass is 19.1. The lowest BCUT2D eigenvalue weighted by Crippen LogP contribution is -2.06. The molecule has 1 aromatic carbocycles. The predicted molar refractivity (Wildman–Crippen MR) is 46.5 cm³/mol. The van der Waals surface area contributed by atoms with Crippen molar-refractivity contribution in [3.05, 3.63) is 36.0 Å². The van der Waals surface area contributed by atoms with Gasteiger partial charge in [-0.15, -0.1) is 0 Å². The van der Waals surface area contributed by atoms with Crippen molar-refractivity contribution in [3.63, 3.8) is 0 Å². The van der Waals surface area contributed by atoms with Crippen LogP contribution in [0.3, 0.4) is 0 Å². The summed E-state index contributed by atoms with van der Waals surface area (Å²) in [5.41, 5.74) is 0.289. The Kier molecular flexibility index (Phi) is 1.85. The summed E-state index contributed by atoms with van der Waals surface area (Å²) < 4.78 is 13.2. The number of aromatic carboxylic acids is 1. The van der Waals surface area contributed by atoms with E-state index in [1.165, 1.54) is 12.1 Å². The number of carboxylic acid groups (broad SMARTS) is 1. The number of halogens is 1. The number of nitrogens with zero attached hydrogens (tertiary/aromatic N) is 2. The maximum Gasteiger partial charge on any atom is 0.374 e. The summed E-state index contributed by atoms with van der Waals surface area (Å²) in [7, 11) is 0. The van der Waals surface area contributed by atoms with Crippen LogP contribution in [0.1, 0.15) is 10.6 Å². The largest absolute Gasteiger partial charge is 0.475 e. The lowest BCUT2D eigenvalue weighted by Gasteiger charge is -1.98. The molecule has 5 heteroatoms. The summed E-state index contributed by atoms with van der Waals surface area (Å²) in [6, 6.07) is 6.32. The van der Waals surface area contributed by atoms with E-state index in [1.807, 2.05) is 0 Å². The molecule has 4 nitrogen and oxygen atoms in total. The van der Waals surface area contributed by atoms with Gasteiger partial charge in [0.05, 0.1) is 10.9 Å². The minimum absolute atomic E-state index is 0.220. The van der Waals surface area contributed by atoms with Crippen molar-refractivity contribution in [2.45, 2.75) is 0 Å². The van der Waals surface area contributed by atoms with E-state index in [0.29, 0.717) is 0 Å². The van der Waals surface area contributed by atoms with Crippen LogP contribution in [-0.4, -0.2) is 21.0 Å². The molecule has 0 amide bonds. The highest BCUT2D eigenvalue weighted by molar-refractivity contribution is 5.87. The maximum atomic E-state index is 13.2. The van der Waals surface area contributed by atoms with Gasteiger partial charge in [-0.1, -0.05) is 12.1 Å². The molecule has 0 spiro atoms. The molecule has 14 heavy (non-hydrogen) atoms. The van der Waals surface area contributed by atoms with Gasteiger partial charge in [-0.25, -0.2) is 9.78 Å². The molecule has 2 aromatic rings. The molecule has 70 valence electrons. The standard InChI is InChI=1S/C9H5FN2O2/c10-7-5-3-1-2-4-6(5)11-8(12-7)9(13)14/h1-4H,(H,13,14). The summed E-state index contributed by atoms with van der Waals surface area (Å²) in [5.74, 6) is -2.68. The van der Waals surface area contributed by atoms with Crippen molar-refractivity contribution in [1.29, 1.82) is 0 Å². The zero-order valence-corrected chi connectivity index (χ0v) is 6.94. The quantitative estimate of drug-likeness (QED) is 0.695. The van der Waals surface area contributed by atoms with Gasteiger partial charge in [0.15, 0.2) is 0 Å². The molecule has 0 aliphatic rings. The third kappa shape index (κ3) is 1.28. The summed E-state index contributed by atoms with van der Waals surface area (Å²) in [4.78, 5) is 17.4. The average Bonchev–Trinajstić information content (AvgIpc) is 2.17. The summed E-state index contributed by atoms with van der Waals surface area (Å²) in [5, 5.41) is 8.80. The molecule has 1 aromatic heterocycles. The van der Waals surface area contributed by atoms with E-state index in [4.69, 9.17) is 5.11 Å². The van der Waals surface area contributed by atoms with Gasteiger partial charge < -0.3 is 5.11 Å². The predicted octanol–water partition coefficient (Wildman–Crippen LogP) is 1.47. The van der Waals surface area contributed by atoms with E-state index in [2.05, 4.69) is 9.97 Å². The first-order chi connectivity index (χ1) is 6.68. The number of para-hydroxylation sites is 1. The van der Waals surface area contributed by atoms with Gasteiger partial charge >= 0.3 is 5.97 Å². The van der Waals surface area contributed by atoms with Crippen LogP contribution in [0.15, 0.2) is 24.3 Å². The number of benzene rings is 1. The third-order valence-electron chi connectivity index (χ3n) is 1.75. The maximum absolute atomic E-state index is 13.2. The van der Waals surface area contributed by atoms with Gasteiger partial charge in [0.2, 0.25) is 11.8 Å². The van der Waals surface area contributed by atoms with Gasteiger partial charge in [-0.2, -0.15) is 9.37 Å². The number of carbonyl (C=O) groups is 1. The second-order valence-corrected chi connectivity index (χ2v) is 2.66. The smallest absolute Gasteiger partial charge is 0.374 e. The fourth-order valence-electron chi connectivity index (χ4n) is 1.13. The second kappa shape index (κ2) is 3.02. The fourth-order valence-corrected chi connectivity index (χ4v) is 1.13. The van der Waals surface area contributed by atoms with Gasteiger partial charge in [0.25, 0.3) is 0 Å². The molecule has 0 radical (unpaired) electrons. The number of hydrogen-bond acceptors (Lipinski definition) is 3. The Bertz CT molecular complexity index is 513. The van der Waals surface area contributed by atoms with Crippen LogP contribution >= 0.6 is 0 Å². The molecule has 0 saturated carbocycles. The van der Waals surface area contributed by atoms with Crippen molar-refractivity contribution < 1.29 is 14.3 Å². The summed E-state index contributed by atoms with van der Waals surface area (Å²) >= 11 is 0. The minimum atomic E-state index is -1.34. The number of rotatable bonds is 1. The lowest BCUT2D eigenvalue weighted by atomic mass is 10.2. The van der Waals surface area contributed by atoms with Crippen LogP contribution in [0.5, 0.6) is 0 Å². The number of aromatic nitrogens is 2. The van der Waals surface area contributed by atoms with Crippen molar-refractivity contribution in [1.82, 2.24) is 9.97 Å². The van der Waals surface area contributed by atoms with Gasteiger partial charge in [0.1, 0.15) is 0 Å². The number of fused-ring (bicyclic) bond motifs is 1. The van der Waals surface area contributed by atoms with Crippen molar-refractivity contribution >= 4 is 16.9 Å². The zero-order chi connectivity index (χ0) is 10.1. The Morgan fingerprint density at radius 2 is 2.00 bits per heavy atom. The first-order valence-electron chi connectivity index (χ1n) is 3.84. The molecule has 0 aliphatic heterocycles. The van der Waals surface area contributed by atoms with Crippen LogP contribution in [0, 0.1) is 5.95 Å². The van der Waals surface area contributed by atoms with Crippen LogP contribution in [0.25, 0.3) is 10.9 Å². The number of hydrogen-bond donors (Lipinski definition) is 1. The Morgan fingerprint density at radius 3 is 2.71 bits per heavy atom. The zero-order valence-electron chi connectivity index (χ0n) is 6.94. The van der Waals surface area contributed by atoms with E-state index < -0.39 is 17.7 Å². The van der Waals surface area contributed by atoms with E-state index in [9.17, 15) is 9.18 Å². The van der Waals surface area contributed by atoms with Crippen LogP contribution in [-0.2, 0) is 0 Å². The second-order valence-electron chi connectivity index (χ2n) is 2.66. The van der Waals surface area contributed by atoms with Crippen molar-refractivity contribution in [3.8, 4) is 0 Å². The normalized spacial score (nSPS) is 10.4. The Hall–Kier alpha value is -2.04. The van der Waals surface area contributed by atoms with Crippen LogP contribution < -0.4 is 0 Å². The molecule has 0 bridgehead atoms. The fraction of sp³-hybridized carbons (Fsp3) is 0. The van der Waals surface area contributed by atoms with Crippen molar-refractivity contribution in [2.75, 3.05) is 0 Å². The first-order valence-corrected chi connectivity index (χ1v) is 3.84. The SMILES string of the molecule is O=C(O)c1nc(F)c2ccccc2n1.